The van der Waals surface area contributed by atoms with E-state index in [0.717, 1.165) is 12.3 Å². The molecule has 0 saturated carbocycles. The van der Waals surface area contributed by atoms with E-state index in [1.807, 2.05) is 0 Å². The normalized spacial score (nSPS) is 14.7. The standard InChI is InChI=1S/C16H15F3N6O3/c17-16(18,19)12-2-1-5-20-14(12)23-6-8-24(9-7-23)15(26)22-13-4-3-11(10-21-13)25(27)28/h1-5,10H,6-9H2,(H,21,22,26). The van der Waals surface area contributed by atoms with Crippen molar-refractivity contribution in [2.24, 2.45) is 0 Å². The van der Waals surface area contributed by atoms with Gasteiger partial charge in [-0.3, -0.25) is 15.4 Å². The predicted molar refractivity (Wildman–Crippen MR) is 92.9 cm³/mol. The van der Waals surface area contributed by atoms with Crippen molar-refractivity contribution in [3.63, 3.8) is 0 Å². The van der Waals surface area contributed by atoms with Gasteiger partial charge in [0.15, 0.2) is 0 Å². The van der Waals surface area contributed by atoms with Crippen LogP contribution >= 0.6 is 0 Å². The number of anilines is 2. The maximum absolute atomic E-state index is 13.1. The van der Waals surface area contributed by atoms with Gasteiger partial charge in [0.2, 0.25) is 0 Å². The molecule has 3 rings (SSSR count). The van der Waals surface area contributed by atoms with E-state index in [9.17, 15) is 28.1 Å². The third-order valence-corrected chi connectivity index (χ3v) is 4.15. The fourth-order valence-electron chi connectivity index (χ4n) is 2.75. The van der Waals surface area contributed by atoms with Crippen LogP contribution < -0.4 is 10.2 Å². The summed E-state index contributed by atoms with van der Waals surface area (Å²) in [7, 11) is 0. The van der Waals surface area contributed by atoms with E-state index in [2.05, 4.69) is 15.3 Å². The number of pyridine rings is 2. The van der Waals surface area contributed by atoms with E-state index >= 15 is 0 Å². The van der Waals surface area contributed by atoms with Gasteiger partial charge in [0, 0.05) is 38.4 Å². The molecule has 2 amide bonds. The summed E-state index contributed by atoms with van der Waals surface area (Å²) >= 11 is 0. The third-order valence-electron chi connectivity index (χ3n) is 4.15. The molecule has 1 fully saturated rings. The Morgan fingerprint density at radius 3 is 2.43 bits per heavy atom. The second-order valence-electron chi connectivity index (χ2n) is 5.94. The lowest BCUT2D eigenvalue weighted by Crippen LogP contribution is -2.50. The summed E-state index contributed by atoms with van der Waals surface area (Å²) in [6, 6.07) is 4.23. The smallest absolute Gasteiger partial charge is 0.353 e. The summed E-state index contributed by atoms with van der Waals surface area (Å²) in [6.07, 6.45) is -2.20. The highest BCUT2D eigenvalue weighted by molar-refractivity contribution is 5.88. The largest absolute Gasteiger partial charge is 0.419 e. The molecule has 2 aromatic heterocycles. The van der Waals surface area contributed by atoms with Crippen molar-refractivity contribution in [3.8, 4) is 0 Å². The molecule has 1 saturated heterocycles. The van der Waals surface area contributed by atoms with Crippen molar-refractivity contribution < 1.29 is 22.9 Å². The van der Waals surface area contributed by atoms with Crippen LogP contribution in [0.4, 0.5) is 35.3 Å². The highest BCUT2D eigenvalue weighted by Crippen LogP contribution is 2.35. The average molecular weight is 396 g/mol. The molecule has 28 heavy (non-hydrogen) atoms. The highest BCUT2D eigenvalue weighted by Gasteiger charge is 2.36. The zero-order valence-electron chi connectivity index (χ0n) is 14.4. The first-order chi connectivity index (χ1) is 13.3. The summed E-state index contributed by atoms with van der Waals surface area (Å²) in [4.78, 5) is 32.8. The van der Waals surface area contributed by atoms with Gasteiger partial charge < -0.3 is 9.80 Å². The number of carbonyl (C=O) groups is 1. The minimum Gasteiger partial charge on any atom is -0.353 e. The molecule has 148 valence electrons. The fourth-order valence-corrected chi connectivity index (χ4v) is 2.75. The minimum absolute atomic E-state index is 0.141. The zero-order valence-corrected chi connectivity index (χ0v) is 14.4. The molecule has 0 spiro atoms. The summed E-state index contributed by atoms with van der Waals surface area (Å²) in [5.41, 5.74) is -1.02. The maximum atomic E-state index is 13.1. The first-order valence-electron chi connectivity index (χ1n) is 8.19. The number of nitro groups is 1. The van der Waals surface area contributed by atoms with Gasteiger partial charge in [-0.05, 0) is 18.2 Å². The number of piperazine rings is 1. The van der Waals surface area contributed by atoms with Crippen LogP contribution in [0.5, 0.6) is 0 Å². The Morgan fingerprint density at radius 2 is 1.86 bits per heavy atom. The Morgan fingerprint density at radius 1 is 1.14 bits per heavy atom. The molecule has 0 aromatic carbocycles. The number of aromatic nitrogens is 2. The SMILES string of the molecule is O=C(Nc1ccc([N+](=O)[O-])cn1)N1CCN(c2ncccc2C(F)(F)F)CC1. The average Bonchev–Trinajstić information content (AvgIpc) is 2.68. The number of nitrogens with one attached hydrogen (secondary N) is 1. The predicted octanol–water partition coefficient (Wildman–Crippen LogP) is 2.76. The summed E-state index contributed by atoms with van der Waals surface area (Å²) < 4.78 is 39.4. The molecule has 1 N–H and O–H groups in total. The van der Waals surface area contributed by atoms with Crippen molar-refractivity contribution in [3.05, 3.63) is 52.3 Å². The fraction of sp³-hybridized carbons (Fsp3) is 0.312. The number of amides is 2. The van der Waals surface area contributed by atoms with Crippen LogP contribution in [0.25, 0.3) is 0 Å². The quantitative estimate of drug-likeness (QED) is 0.632. The Kier molecular flexibility index (Phi) is 5.29. The van der Waals surface area contributed by atoms with Crippen LogP contribution in [-0.2, 0) is 6.18 Å². The molecule has 0 unspecified atom stereocenters. The van der Waals surface area contributed by atoms with E-state index in [-0.39, 0.29) is 43.5 Å². The lowest BCUT2D eigenvalue weighted by molar-refractivity contribution is -0.385. The maximum Gasteiger partial charge on any atom is 0.419 e. The second kappa shape index (κ2) is 7.66. The lowest BCUT2D eigenvalue weighted by Gasteiger charge is -2.36. The van der Waals surface area contributed by atoms with Crippen molar-refractivity contribution in [2.75, 3.05) is 36.4 Å². The number of hydrogen-bond acceptors (Lipinski definition) is 6. The first-order valence-corrected chi connectivity index (χ1v) is 8.19. The van der Waals surface area contributed by atoms with Crippen molar-refractivity contribution in [1.82, 2.24) is 14.9 Å². The monoisotopic (exact) mass is 396 g/mol. The molecule has 9 nitrogen and oxygen atoms in total. The van der Waals surface area contributed by atoms with Gasteiger partial charge in [0.25, 0.3) is 5.69 Å². The Balaban J connectivity index is 1.61. The summed E-state index contributed by atoms with van der Waals surface area (Å²) in [6.45, 7) is 0.738. The van der Waals surface area contributed by atoms with E-state index in [1.165, 1.54) is 34.2 Å². The summed E-state index contributed by atoms with van der Waals surface area (Å²) in [5.74, 6) is -0.0193. The zero-order chi connectivity index (χ0) is 20.3. The van der Waals surface area contributed by atoms with E-state index in [1.54, 1.807) is 0 Å². The van der Waals surface area contributed by atoms with Crippen LogP contribution in [0.15, 0.2) is 36.7 Å². The van der Waals surface area contributed by atoms with Gasteiger partial charge in [-0.2, -0.15) is 13.2 Å². The van der Waals surface area contributed by atoms with Crippen LogP contribution in [0.1, 0.15) is 5.56 Å². The molecule has 0 atom stereocenters. The Bertz CT molecular complexity index is 867. The van der Waals surface area contributed by atoms with Gasteiger partial charge in [0.05, 0.1) is 10.5 Å². The third kappa shape index (κ3) is 4.27. The molecule has 3 heterocycles. The number of carbonyl (C=O) groups excluding carboxylic acids is 1. The molecular formula is C16H15F3N6O3. The van der Waals surface area contributed by atoms with Crippen molar-refractivity contribution >= 4 is 23.4 Å². The minimum atomic E-state index is -4.51. The van der Waals surface area contributed by atoms with Gasteiger partial charge in [-0.25, -0.2) is 14.8 Å². The highest BCUT2D eigenvalue weighted by atomic mass is 19.4. The molecule has 2 aromatic rings. The molecular weight excluding hydrogens is 381 g/mol. The molecule has 0 aliphatic carbocycles. The van der Waals surface area contributed by atoms with E-state index < -0.39 is 22.7 Å². The van der Waals surface area contributed by atoms with Crippen molar-refractivity contribution in [1.29, 1.82) is 0 Å². The molecule has 12 heteroatoms. The van der Waals surface area contributed by atoms with Crippen molar-refractivity contribution in [2.45, 2.75) is 6.18 Å². The summed E-state index contributed by atoms with van der Waals surface area (Å²) in [5, 5.41) is 13.1. The van der Waals surface area contributed by atoms with Gasteiger partial charge in [-0.1, -0.05) is 0 Å². The van der Waals surface area contributed by atoms with E-state index in [4.69, 9.17) is 0 Å². The Labute approximate surface area is 156 Å². The number of hydrogen-bond donors (Lipinski definition) is 1. The Hall–Kier alpha value is -3.44. The van der Waals surface area contributed by atoms with Gasteiger partial charge in [0.1, 0.15) is 17.8 Å². The molecule has 1 aliphatic rings. The number of nitrogens with zero attached hydrogens (tertiary/aromatic N) is 5. The molecule has 1 aliphatic heterocycles. The van der Waals surface area contributed by atoms with Crippen LogP contribution in [0.2, 0.25) is 0 Å². The number of alkyl halides is 3. The van der Waals surface area contributed by atoms with E-state index in [0.29, 0.717) is 0 Å². The van der Waals surface area contributed by atoms with Crippen LogP contribution in [-0.4, -0.2) is 52.0 Å². The number of halogens is 3. The number of rotatable bonds is 3. The van der Waals surface area contributed by atoms with Gasteiger partial charge >= 0.3 is 12.2 Å². The second-order valence-corrected chi connectivity index (χ2v) is 5.94. The molecule has 0 bridgehead atoms. The lowest BCUT2D eigenvalue weighted by atomic mass is 10.2. The number of urea groups is 1. The van der Waals surface area contributed by atoms with Gasteiger partial charge in [-0.15, -0.1) is 0 Å². The van der Waals surface area contributed by atoms with Crippen LogP contribution in [0.3, 0.4) is 0 Å². The first kappa shape index (κ1) is 19.3. The van der Waals surface area contributed by atoms with Crippen LogP contribution in [0, 0.1) is 10.1 Å². The topological polar surface area (TPSA) is 104 Å². The molecule has 0 radical (unpaired) electrons.